The molecule has 1 N–H and O–H groups in total. The van der Waals surface area contributed by atoms with Gasteiger partial charge >= 0.3 is 0 Å². The quantitative estimate of drug-likeness (QED) is 0.760. The molecule has 25 heavy (non-hydrogen) atoms. The second-order valence-electron chi connectivity index (χ2n) is 5.77. The topological polar surface area (TPSA) is 42.0 Å². The summed E-state index contributed by atoms with van der Waals surface area (Å²) < 4.78 is 26.3. The number of anilines is 1. The van der Waals surface area contributed by atoms with Crippen molar-refractivity contribution < 1.29 is 13.6 Å². The number of rotatable bonds is 4. The van der Waals surface area contributed by atoms with Crippen molar-refractivity contribution in [2.75, 3.05) is 5.32 Å². The van der Waals surface area contributed by atoms with Crippen LogP contribution < -0.4 is 5.32 Å². The average molecular weight is 338 g/mol. The lowest BCUT2D eigenvalue weighted by Crippen LogP contribution is -2.14. The summed E-state index contributed by atoms with van der Waals surface area (Å²) in [5, 5.41) is 2.72. The number of carbonyl (C=O) groups excluding carboxylic acids is 1. The lowest BCUT2D eigenvalue weighted by molar-refractivity contribution is -0.115. The molecule has 3 rings (SSSR count). The second kappa shape index (κ2) is 7.21. The van der Waals surface area contributed by atoms with Gasteiger partial charge in [0.2, 0.25) is 5.91 Å². The molecule has 0 fully saturated rings. The van der Waals surface area contributed by atoms with Gasteiger partial charge in [0.15, 0.2) is 0 Å². The Kier molecular flexibility index (Phi) is 4.84. The third-order valence-electron chi connectivity index (χ3n) is 3.69. The Morgan fingerprint density at radius 2 is 1.64 bits per heavy atom. The number of aromatic nitrogens is 1. The second-order valence-corrected chi connectivity index (χ2v) is 5.77. The van der Waals surface area contributed by atoms with Crippen molar-refractivity contribution in [2.24, 2.45) is 0 Å². The third-order valence-corrected chi connectivity index (χ3v) is 3.69. The minimum absolute atomic E-state index is 0.0972. The van der Waals surface area contributed by atoms with Crippen molar-refractivity contribution >= 4 is 11.6 Å². The molecule has 1 amide bonds. The Morgan fingerprint density at radius 1 is 0.960 bits per heavy atom. The number of benzene rings is 2. The van der Waals surface area contributed by atoms with Crippen LogP contribution in [0.5, 0.6) is 0 Å². The summed E-state index contributed by atoms with van der Waals surface area (Å²) in [4.78, 5) is 16.2. The number of hydrogen-bond acceptors (Lipinski definition) is 2. The predicted molar refractivity (Wildman–Crippen MR) is 93.1 cm³/mol. The zero-order valence-corrected chi connectivity index (χ0v) is 13.6. The molecule has 0 unspecified atom stereocenters. The van der Waals surface area contributed by atoms with E-state index in [-0.39, 0.29) is 12.3 Å². The van der Waals surface area contributed by atoms with Crippen molar-refractivity contribution in [3.63, 3.8) is 0 Å². The molecule has 1 aromatic heterocycles. The van der Waals surface area contributed by atoms with Crippen molar-refractivity contribution in [3.8, 4) is 11.1 Å². The largest absolute Gasteiger partial charge is 0.326 e. The maximum absolute atomic E-state index is 13.2. The number of amides is 1. The van der Waals surface area contributed by atoms with Gasteiger partial charge in [0.05, 0.1) is 6.42 Å². The van der Waals surface area contributed by atoms with Crippen molar-refractivity contribution in [2.45, 2.75) is 13.3 Å². The number of nitrogens with one attached hydrogen (secondary N) is 1. The first-order valence-corrected chi connectivity index (χ1v) is 7.77. The van der Waals surface area contributed by atoms with Crippen molar-refractivity contribution in [1.29, 1.82) is 0 Å². The Labute approximate surface area is 144 Å². The maximum atomic E-state index is 13.2. The summed E-state index contributed by atoms with van der Waals surface area (Å²) in [6.07, 6.45) is 1.65. The molecule has 0 saturated carbocycles. The maximum Gasteiger partial charge on any atom is 0.228 e. The van der Waals surface area contributed by atoms with E-state index in [2.05, 4.69) is 10.3 Å². The molecule has 2 aromatic carbocycles. The summed E-state index contributed by atoms with van der Waals surface area (Å²) >= 11 is 0. The molecule has 5 heteroatoms. The fourth-order valence-corrected chi connectivity index (χ4v) is 2.57. The number of halogens is 2. The zero-order valence-electron chi connectivity index (χ0n) is 13.6. The Balaban J connectivity index is 1.67. The van der Waals surface area contributed by atoms with Gasteiger partial charge in [0.25, 0.3) is 0 Å². The summed E-state index contributed by atoms with van der Waals surface area (Å²) in [6, 6.07) is 14.3. The van der Waals surface area contributed by atoms with Crippen LogP contribution in [0.3, 0.4) is 0 Å². The summed E-state index contributed by atoms with van der Waals surface area (Å²) in [7, 11) is 0. The molecular weight excluding hydrogens is 322 g/mol. The van der Waals surface area contributed by atoms with Gasteiger partial charge in [-0.15, -0.1) is 0 Å². The van der Waals surface area contributed by atoms with Gasteiger partial charge in [0, 0.05) is 23.6 Å². The van der Waals surface area contributed by atoms with Gasteiger partial charge in [-0.1, -0.05) is 12.1 Å². The Hall–Kier alpha value is -3.08. The summed E-state index contributed by atoms with van der Waals surface area (Å²) in [5.74, 6) is -1.72. The normalized spacial score (nSPS) is 10.5. The number of carbonyl (C=O) groups is 1. The molecule has 3 nitrogen and oxygen atoms in total. The lowest BCUT2D eigenvalue weighted by atomic mass is 10.1. The van der Waals surface area contributed by atoms with E-state index in [1.54, 1.807) is 18.3 Å². The molecule has 0 aliphatic rings. The number of nitrogens with zero attached hydrogens (tertiary/aromatic N) is 1. The fourth-order valence-electron chi connectivity index (χ4n) is 2.57. The lowest BCUT2D eigenvalue weighted by Gasteiger charge is -2.08. The van der Waals surface area contributed by atoms with Gasteiger partial charge in [0.1, 0.15) is 11.6 Å². The third kappa shape index (κ3) is 4.47. The van der Waals surface area contributed by atoms with Crippen molar-refractivity contribution in [3.05, 3.63) is 83.7 Å². The number of hydrogen-bond donors (Lipinski definition) is 1. The predicted octanol–water partition coefficient (Wildman–Crippen LogP) is 4.52. The number of aryl methyl sites for hydroxylation is 1. The smallest absolute Gasteiger partial charge is 0.228 e. The first kappa shape index (κ1) is 16.8. The minimum atomic E-state index is -0.695. The number of pyridine rings is 1. The molecule has 0 aliphatic heterocycles. The highest BCUT2D eigenvalue weighted by molar-refractivity contribution is 5.92. The summed E-state index contributed by atoms with van der Waals surface area (Å²) in [6.45, 7) is 1.92. The fraction of sp³-hybridized carbons (Fsp3) is 0.100. The molecule has 0 saturated heterocycles. The van der Waals surface area contributed by atoms with E-state index >= 15 is 0 Å². The average Bonchev–Trinajstić information content (AvgIpc) is 2.54. The van der Waals surface area contributed by atoms with Gasteiger partial charge in [-0.3, -0.25) is 9.78 Å². The molecule has 1 heterocycles. The van der Waals surface area contributed by atoms with Crippen LogP contribution in [0, 0.1) is 18.6 Å². The molecule has 0 aliphatic carbocycles. The van der Waals surface area contributed by atoms with Crippen LogP contribution in [0.4, 0.5) is 14.5 Å². The monoisotopic (exact) mass is 338 g/mol. The van der Waals surface area contributed by atoms with Crippen LogP contribution in [-0.4, -0.2) is 10.9 Å². The van der Waals surface area contributed by atoms with Crippen LogP contribution in [0.2, 0.25) is 0 Å². The van der Waals surface area contributed by atoms with E-state index in [0.29, 0.717) is 11.3 Å². The molecule has 3 aromatic rings. The van der Waals surface area contributed by atoms with Gasteiger partial charge in [-0.25, -0.2) is 8.78 Å². The summed E-state index contributed by atoms with van der Waals surface area (Å²) in [5.41, 5.74) is 3.89. The van der Waals surface area contributed by atoms with Crippen LogP contribution in [0.25, 0.3) is 11.1 Å². The molecule has 0 radical (unpaired) electrons. The molecule has 0 spiro atoms. The highest BCUT2D eigenvalue weighted by Gasteiger charge is 2.07. The van der Waals surface area contributed by atoms with Crippen LogP contribution in [-0.2, 0) is 11.2 Å². The molecule has 0 bridgehead atoms. The molecular formula is C20H16F2N2O. The van der Waals surface area contributed by atoms with E-state index in [0.717, 1.165) is 35.0 Å². The first-order chi connectivity index (χ1) is 12.0. The van der Waals surface area contributed by atoms with Gasteiger partial charge in [-0.2, -0.15) is 0 Å². The van der Waals surface area contributed by atoms with Crippen LogP contribution in [0.1, 0.15) is 11.3 Å². The van der Waals surface area contributed by atoms with E-state index < -0.39 is 11.6 Å². The SMILES string of the molecule is Cc1cc(-c2ccc(NC(=O)Cc3cc(F)cc(F)c3)cc2)ccn1. The highest BCUT2D eigenvalue weighted by atomic mass is 19.1. The standard InChI is InChI=1S/C20H16F2N2O/c1-13-8-16(6-7-23-13)15-2-4-19(5-3-15)24-20(25)11-14-9-17(21)12-18(22)10-14/h2-10,12H,11H2,1H3,(H,24,25). The zero-order chi connectivity index (χ0) is 17.8. The molecule has 126 valence electrons. The van der Waals surface area contributed by atoms with Gasteiger partial charge in [-0.05, 0) is 60.0 Å². The molecule has 0 atom stereocenters. The van der Waals surface area contributed by atoms with Gasteiger partial charge < -0.3 is 5.32 Å². The van der Waals surface area contributed by atoms with Crippen molar-refractivity contribution in [1.82, 2.24) is 4.98 Å². The van der Waals surface area contributed by atoms with E-state index in [4.69, 9.17) is 0 Å². The Bertz CT molecular complexity index is 888. The highest BCUT2D eigenvalue weighted by Crippen LogP contribution is 2.21. The van der Waals surface area contributed by atoms with E-state index in [9.17, 15) is 13.6 Å². The Morgan fingerprint density at radius 3 is 2.28 bits per heavy atom. The van der Waals surface area contributed by atoms with E-state index in [1.807, 2.05) is 31.2 Å². The van der Waals surface area contributed by atoms with E-state index in [1.165, 1.54) is 0 Å². The van der Waals surface area contributed by atoms with Crippen LogP contribution in [0.15, 0.2) is 60.8 Å². The van der Waals surface area contributed by atoms with Crippen LogP contribution >= 0.6 is 0 Å². The minimum Gasteiger partial charge on any atom is -0.326 e. The first-order valence-electron chi connectivity index (χ1n) is 7.77.